The molecule has 2 aromatic carbocycles. The molecule has 0 unspecified atom stereocenters. The van der Waals surface area contributed by atoms with Crippen molar-refractivity contribution in [2.75, 3.05) is 11.9 Å². The van der Waals surface area contributed by atoms with Crippen molar-refractivity contribution >= 4 is 23.2 Å². The number of hydrogen-bond donors (Lipinski definition) is 2. The molecule has 0 fully saturated rings. The third-order valence-corrected chi connectivity index (χ3v) is 3.97. The van der Waals surface area contributed by atoms with Crippen LogP contribution in [-0.2, 0) is 4.79 Å². The van der Waals surface area contributed by atoms with Crippen LogP contribution >= 0.6 is 11.6 Å². The molecule has 2 rings (SSSR count). The number of anilines is 1. The molecule has 0 saturated heterocycles. The van der Waals surface area contributed by atoms with Gasteiger partial charge in [0, 0.05) is 16.5 Å². The highest BCUT2D eigenvalue weighted by atomic mass is 35.5. The quantitative estimate of drug-likeness (QED) is 0.820. The fourth-order valence-corrected chi connectivity index (χ4v) is 2.66. The highest BCUT2D eigenvalue weighted by Gasteiger charge is 2.21. The van der Waals surface area contributed by atoms with Gasteiger partial charge in [0.2, 0.25) is 0 Å². The van der Waals surface area contributed by atoms with E-state index in [1.807, 2.05) is 19.2 Å². The Kier molecular flexibility index (Phi) is 6.29. The lowest BCUT2D eigenvalue weighted by Gasteiger charge is -2.19. The number of nitrogens with two attached hydrogens (primary N) is 1. The number of nitrogens with one attached hydrogen (secondary N) is 1. The lowest BCUT2D eigenvalue weighted by Crippen LogP contribution is -2.88. The lowest BCUT2D eigenvalue weighted by atomic mass is 9.96. The number of rotatable bonds is 6. The van der Waals surface area contributed by atoms with Crippen LogP contribution in [0.25, 0.3) is 0 Å². The summed E-state index contributed by atoms with van der Waals surface area (Å²) < 4.78 is 26.8. The molecule has 3 nitrogen and oxygen atoms in total. The van der Waals surface area contributed by atoms with Crippen LogP contribution in [0.4, 0.5) is 14.5 Å². The van der Waals surface area contributed by atoms with Crippen LogP contribution in [0.2, 0.25) is 5.02 Å². The Morgan fingerprint density at radius 1 is 1.17 bits per heavy atom. The number of halogens is 3. The monoisotopic (exact) mass is 353 g/mol. The predicted octanol–water partition coefficient (Wildman–Crippen LogP) is 3.52. The van der Waals surface area contributed by atoms with Crippen molar-refractivity contribution in [3.05, 3.63) is 64.7 Å². The molecular weight excluding hydrogens is 334 g/mol. The molecule has 6 heteroatoms. The van der Waals surface area contributed by atoms with E-state index in [2.05, 4.69) is 5.32 Å². The minimum absolute atomic E-state index is 0.00594. The number of carbonyl (C=O) groups excluding carboxylic acids is 1. The van der Waals surface area contributed by atoms with Crippen molar-refractivity contribution in [1.29, 1.82) is 0 Å². The molecule has 0 radical (unpaired) electrons. The van der Waals surface area contributed by atoms with Gasteiger partial charge in [0.1, 0.15) is 17.7 Å². The van der Waals surface area contributed by atoms with E-state index in [9.17, 15) is 13.6 Å². The summed E-state index contributed by atoms with van der Waals surface area (Å²) in [5.74, 6) is -0.938. The van der Waals surface area contributed by atoms with Gasteiger partial charge >= 0.3 is 0 Å². The highest BCUT2D eigenvalue weighted by Crippen LogP contribution is 2.19. The van der Waals surface area contributed by atoms with Crippen LogP contribution in [0.5, 0.6) is 0 Å². The number of quaternary nitrogens is 1. The Labute approximate surface area is 145 Å². The molecule has 1 amide bonds. The molecule has 24 heavy (non-hydrogen) atoms. The van der Waals surface area contributed by atoms with Crippen molar-refractivity contribution in [2.24, 2.45) is 5.92 Å². The lowest BCUT2D eigenvalue weighted by molar-refractivity contribution is -0.692. The Hall–Kier alpha value is -1.98. The van der Waals surface area contributed by atoms with Gasteiger partial charge < -0.3 is 10.6 Å². The molecule has 0 spiro atoms. The maximum atomic E-state index is 13.7. The summed E-state index contributed by atoms with van der Waals surface area (Å²) in [6.07, 6.45) is 0. The topological polar surface area (TPSA) is 45.7 Å². The molecule has 0 aliphatic rings. The van der Waals surface area contributed by atoms with Crippen molar-refractivity contribution in [2.45, 2.75) is 19.9 Å². The van der Waals surface area contributed by atoms with Gasteiger partial charge in [-0.25, -0.2) is 8.78 Å². The molecule has 0 aliphatic carbocycles. The smallest absolute Gasteiger partial charge is 0.279 e. The van der Waals surface area contributed by atoms with Crippen LogP contribution in [0, 0.1) is 17.6 Å². The molecular formula is C18H20ClF2N2O+. The first-order chi connectivity index (χ1) is 11.4. The Balaban J connectivity index is 1.98. The maximum absolute atomic E-state index is 13.7. The Morgan fingerprint density at radius 2 is 1.83 bits per heavy atom. The van der Waals surface area contributed by atoms with Gasteiger partial charge in [-0.05, 0) is 30.3 Å². The average molecular weight is 354 g/mol. The SMILES string of the molecule is CC(C)[C@H]([NH2+]CC(=O)Nc1ccc(Cl)cc1F)c1ccc(F)cc1. The molecule has 0 bridgehead atoms. The average Bonchev–Trinajstić information content (AvgIpc) is 2.52. The molecule has 0 aliphatic heterocycles. The third kappa shape index (κ3) is 5.01. The van der Waals surface area contributed by atoms with E-state index in [1.54, 1.807) is 12.1 Å². The zero-order valence-corrected chi connectivity index (χ0v) is 14.3. The number of hydrogen-bond acceptors (Lipinski definition) is 1. The molecule has 0 heterocycles. The van der Waals surface area contributed by atoms with Crippen molar-refractivity contribution in [3.8, 4) is 0 Å². The van der Waals surface area contributed by atoms with Crippen LogP contribution in [-0.4, -0.2) is 12.5 Å². The summed E-state index contributed by atoms with van der Waals surface area (Å²) in [7, 11) is 0. The number of amides is 1. The maximum Gasteiger partial charge on any atom is 0.279 e. The largest absolute Gasteiger partial charge is 0.332 e. The second kappa shape index (κ2) is 8.22. The van der Waals surface area contributed by atoms with Gasteiger partial charge in [-0.2, -0.15) is 0 Å². The van der Waals surface area contributed by atoms with Gasteiger partial charge in [0.15, 0.2) is 6.54 Å². The van der Waals surface area contributed by atoms with Crippen molar-refractivity contribution in [3.63, 3.8) is 0 Å². The second-order valence-corrected chi connectivity index (χ2v) is 6.37. The summed E-state index contributed by atoms with van der Waals surface area (Å²) in [6.45, 7) is 4.19. The van der Waals surface area contributed by atoms with Gasteiger partial charge in [-0.1, -0.05) is 37.6 Å². The molecule has 3 N–H and O–H groups in total. The molecule has 1 atom stereocenters. The molecule has 0 saturated carbocycles. The Bertz CT molecular complexity index is 705. The van der Waals surface area contributed by atoms with E-state index in [0.29, 0.717) is 0 Å². The van der Waals surface area contributed by atoms with Crippen LogP contribution in [0.1, 0.15) is 25.5 Å². The van der Waals surface area contributed by atoms with E-state index in [-0.39, 0.29) is 40.9 Å². The minimum Gasteiger partial charge on any atom is -0.332 e. The fourth-order valence-electron chi connectivity index (χ4n) is 2.50. The standard InChI is InChI=1S/C18H19ClF2N2O/c1-11(2)18(12-3-6-14(20)7-4-12)22-10-17(24)23-16-8-5-13(19)9-15(16)21/h3-9,11,18,22H,10H2,1-2H3,(H,23,24)/p+1/t18-/m0/s1. The first kappa shape index (κ1) is 18.4. The molecule has 128 valence electrons. The first-order valence-electron chi connectivity index (χ1n) is 7.70. The molecule has 2 aromatic rings. The van der Waals surface area contributed by atoms with Crippen LogP contribution in [0.3, 0.4) is 0 Å². The fraction of sp³-hybridized carbons (Fsp3) is 0.278. The predicted molar refractivity (Wildman–Crippen MR) is 90.8 cm³/mol. The summed E-state index contributed by atoms with van der Waals surface area (Å²) in [5, 5.41) is 4.66. The van der Waals surface area contributed by atoms with Crippen molar-refractivity contribution < 1.29 is 18.9 Å². The van der Waals surface area contributed by atoms with E-state index in [1.165, 1.54) is 24.3 Å². The highest BCUT2D eigenvalue weighted by molar-refractivity contribution is 6.30. The van der Waals surface area contributed by atoms with Crippen LogP contribution < -0.4 is 10.6 Å². The van der Waals surface area contributed by atoms with Crippen LogP contribution in [0.15, 0.2) is 42.5 Å². The van der Waals surface area contributed by atoms with E-state index < -0.39 is 5.82 Å². The molecule has 0 aromatic heterocycles. The van der Waals surface area contributed by atoms with E-state index >= 15 is 0 Å². The first-order valence-corrected chi connectivity index (χ1v) is 8.08. The summed E-state index contributed by atoms with van der Waals surface area (Å²) in [6, 6.07) is 10.3. The Morgan fingerprint density at radius 3 is 2.42 bits per heavy atom. The zero-order chi connectivity index (χ0) is 17.7. The van der Waals surface area contributed by atoms with Gasteiger partial charge in [0.25, 0.3) is 5.91 Å². The van der Waals surface area contributed by atoms with E-state index in [4.69, 9.17) is 11.6 Å². The van der Waals surface area contributed by atoms with Gasteiger partial charge in [-0.3, -0.25) is 4.79 Å². The van der Waals surface area contributed by atoms with E-state index in [0.717, 1.165) is 11.6 Å². The normalized spacial score (nSPS) is 12.2. The van der Waals surface area contributed by atoms with Crippen molar-refractivity contribution in [1.82, 2.24) is 0 Å². The number of carbonyl (C=O) groups is 1. The minimum atomic E-state index is -0.574. The number of benzene rings is 2. The zero-order valence-electron chi connectivity index (χ0n) is 13.5. The summed E-state index contributed by atoms with van der Waals surface area (Å²) in [5.41, 5.74) is 1.04. The second-order valence-electron chi connectivity index (χ2n) is 5.93. The summed E-state index contributed by atoms with van der Waals surface area (Å²) in [4.78, 5) is 12.1. The van der Waals surface area contributed by atoms with Gasteiger partial charge in [-0.15, -0.1) is 0 Å². The third-order valence-electron chi connectivity index (χ3n) is 3.74. The van der Waals surface area contributed by atoms with Gasteiger partial charge in [0.05, 0.1) is 5.69 Å². The summed E-state index contributed by atoms with van der Waals surface area (Å²) >= 11 is 5.68.